The molecule has 126 valence electrons. The molecule has 0 unspecified atom stereocenters. The molecule has 0 amide bonds. The van der Waals surface area contributed by atoms with E-state index in [1.807, 2.05) is 18.2 Å². The van der Waals surface area contributed by atoms with Gasteiger partial charge in [0.15, 0.2) is 18.8 Å². The highest BCUT2D eigenvalue weighted by Gasteiger charge is 2.12. The number of aliphatic hydroxyl groups excluding tert-OH is 1. The number of methoxy groups -OCH3 is 2. The second-order valence-electron chi connectivity index (χ2n) is 5.29. The quantitative estimate of drug-likeness (QED) is 0.620. The Labute approximate surface area is 142 Å². The molecule has 0 aliphatic rings. The number of carbonyl (C=O) groups is 1. The van der Waals surface area contributed by atoms with Crippen molar-refractivity contribution >= 4 is 18.7 Å². The van der Waals surface area contributed by atoms with Crippen LogP contribution in [0.3, 0.4) is 0 Å². The van der Waals surface area contributed by atoms with E-state index in [0.29, 0.717) is 22.8 Å². The third-order valence-electron chi connectivity index (χ3n) is 3.73. The van der Waals surface area contributed by atoms with Crippen molar-refractivity contribution in [2.75, 3.05) is 14.2 Å². The van der Waals surface area contributed by atoms with E-state index in [2.05, 4.69) is 6.82 Å². The molecular formula is C18H21BO5. The first kappa shape index (κ1) is 17.9. The first-order chi connectivity index (χ1) is 11.6. The van der Waals surface area contributed by atoms with E-state index >= 15 is 0 Å². The molecule has 6 heteroatoms. The molecule has 2 aromatic rings. The zero-order chi connectivity index (χ0) is 17.5. The van der Waals surface area contributed by atoms with Crippen LogP contribution in [0.15, 0.2) is 36.4 Å². The minimum absolute atomic E-state index is 0.122. The minimum Gasteiger partial charge on any atom is -0.493 e. The first-order valence-electron chi connectivity index (χ1n) is 7.75. The average molecular weight is 328 g/mol. The minimum atomic E-state index is -0.324. The SMILES string of the molecule is CBc1ccc(CO)c(Oc2cc(CC(=O)OC)ccc2OC)c1. The average Bonchev–Trinajstić information content (AvgIpc) is 2.61. The largest absolute Gasteiger partial charge is 0.493 e. The Hall–Kier alpha value is -2.47. The van der Waals surface area contributed by atoms with Gasteiger partial charge in [0.1, 0.15) is 5.75 Å². The number of hydrogen-bond donors (Lipinski definition) is 1. The fraction of sp³-hybridized carbons (Fsp3) is 0.278. The van der Waals surface area contributed by atoms with Gasteiger partial charge in [-0.2, -0.15) is 0 Å². The standard InChI is InChI=1S/C18H21BO5/c1-19-14-6-5-13(11-20)16(10-14)24-17-8-12(9-18(21)23-3)4-7-15(17)22-2/h4-8,10,19-20H,9,11H2,1-3H3. The van der Waals surface area contributed by atoms with E-state index in [1.54, 1.807) is 25.3 Å². The van der Waals surface area contributed by atoms with Crippen LogP contribution in [0.25, 0.3) is 0 Å². The van der Waals surface area contributed by atoms with Crippen molar-refractivity contribution in [3.63, 3.8) is 0 Å². The highest BCUT2D eigenvalue weighted by molar-refractivity contribution is 6.51. The van der Waals surface area contributed by atoms with Gasteiger partial charge < -0.3 is 19.3 Å². The molecule has 24 heavy (non-hydrogen) atoms. The fourth-order valence-corrected chi connectivity index (χ4v) is 2.31. The van der Waals surface area contributed by atoms with Gasteiger partial charge in [-0.15, -0.1) is 0 Å². The summed E-state index contributed by atoms with van der Waals surface area (Å²) in [6.07, 6.45) is 0.151. The van der Waals surface area contributed by atoms with E-state index in [9.17, 15) is 9.90 Å². The first-order valence-corrected chi connectivity index (χ1v) is 7.75. The van der Waals surface area contributed by atoms with Gasteiger partial charge in [0.05, 0.1) is 27.2 Å². The smallest absolute Gasteiger partial charge is 0.309 e. The summed E-state index contributed by atoms with van der Waals surface area (Å²) in [5, 5.41) is 9.52. The van der Waals surface area contributed by atoms with Crippen LogP contribution in [0.4, 0.5) is 0 Å². The van der Waals surface area contributed by atoms with Crippen LogP contribution in [-0.2, 0) is 22.6 Å². The Bertz CT molecular complexity index is 715. The lowest BCUT2D eigenvalue weighted by Gasteiger charge is -2.15. The van der Waals surface area contributed by atoms with E-state index in [1.165, 1.54) is 7.11 Å². The molecule has 0 aromatic heterocycles. The molecule has 0 saturated carbocycles. The summed E-state index contributed by atoms with van der Waals surface area (Å²) < 4.78 is 16.0. The molecule has 0 aliphatic carbocycles. The summed E-state index contributed by atoms with van der Waals surface area (Å²) in [7, 11) is 3.77. The van der Waals surface area contributed by atoms with Gasteiger partial charge in [-0.3, -0.25) is 4.79 Å². The maximum absolute atomic E-state index is 11.5. The lowest BCUT2D eigenvalue weighted by molar-refractivity contribution is -0.139. The third-order valence-corrected chi connectivity index (χ3v) is 3.73. The molecule has 1 N–H and O–H groups in total. The molecule has 0 aliphatic heterocycles. The molecule has 5 nitrogen and oxygen atoms in total. The predicted octanol–water partition coefficient (Wildman–Crippen LogP) is 1.81. The van der Waals surface area contributed by atoms with Crippen molar-refractivity contribution in [3.8, 4) is 17.2 Å². The van der Waals surface area contributed by atoms with Crippen LogP contribution >= 0.6 is 0 Å². The van der Waals surface area contributed by atoms with Gasteiger partial charge in [-0.05, 0) is 23.8 Å². The Balaban J connectivity index is 2.37. The second kappa shape index (κ2) is 8.40. The second-order valence-corrected chi connectivity index (χ2v) is 5.29. The number of benzene rings is 2. The number of hydrogen-bond acceptors (Lipinski definition) is 5. The van der Waals surface area contributed by atoms with Crippen LogP contribution in [0.2, 0.25) is 6.82 Å². The normalized spacial score (nSPS) is 10.2. The Kier molecular flexibility index (Phi) is 6.26. The molecule has 0 spiro atoms. The van der Waals surface area contributed by atoms with E-state index in [0.717, 1.165) is 18.3 Å². The van der Waals surface area contributed by atoms with E-state index in [4.69, 9.17) is 14.2 Å². The van der Waals surface area contributed by atoms with Crippen molar-refractivity contribution in [2.24, 2.45) is 0 Å². The van der Waals surface area contributed by atoms with E-state index < -0.39 is 0 Å². The van der Waals surface area contributed by atoms with Crippen molar-refractivity contribution in [1.29, 1.82) is 0 Å². The van der Waals surface area contributed by atoms with Crippen molar-refractivity contribution in [1.82, 2.24) is 0 Å². The molecule has 0 atom stereocenters. The highest BCUT2D eigenvalue weighted by atomic mass is 16.5. The maximum Gasteiger partial charge on any atom is 0.309 e. The summed E-state index contributed by atoms with van der Waals surface area (Å²) in [6, 6.07) is 11.0. The fourth-order valence-electron chi connectivity index (χ4n) is 2.31. The monoisotopic (exact) mass is 328 g/mol. The van der Waals surface area contributed by atoms with Gasteiger partial charge in [0, 0.05) is 5.56 Å². The van der Waals surface area contributed by atoms with E-state index in [-0.39, 0.29) is 19.0 Å². The van der Waals surface area contributed by atoms with Crippen LogP contribution in [-0.4, -0.2) is 32.6 Å². The lowest BCUT2D eigenvalue weighted by Crippen LogP contribution is -2.11. The molecule has 0 bridgehead atoms. The van der Waals surface area contributed by atoms with Crippen molar-refractivity contribution in [2.45, 2.75) is 19.9 Å². The molecular weight excluding hydrogens is 307 g/mol. The number of esters is 1. The summed E-state index contributed by atoms with van der Waals surface area (Å²) in [4.78, 5) is 11.5. The Morgan fingerprint density at radius 2 is 1.88 bits per heavy atom. The molecule has 0 saturated heterocycles. The zero-order valence-corrected chi connectivity index (χ0v) is 14.2. The number of aliphatic hydroxyl groups is 1. The van der Waals surface area contributed by atoms with Crippen molar-refractivity contribution in [3.05, 3.63) is 47.5 Å². The van der Waals surface area contributed by atoms with Crippen LogP contribution < -0.4 is 14.9 Å². The van der Waals surface area contributed by atoms with Gasteiger partial charge in [0.2, 0.25) is 0 Å². The number of ether oxygens (including phenoxy) is 3. The van der Waals surface area contributed by atoms with Crippen LogP contribution in [0.5, 0.6) is 17.2 Å². The van der Waals surface area contributed by atoms with Gasteiger partial charge in [-0.25, -0.2) is 0 Å². The summed E-state index contributed by atoms with van der Waals surface area (Å²) in [5.74, 6) is 1.29. The topological polar surface area (TPSA) is 65.0 Å². The summed E-state index contributed by atoms with van der Waals surface area (Å²) in [6.45, 7) is 1.93. The van der Waals surface area contributed by atoms with Gasteiger partial charge >= 0.3 is 5.97 Å². The molecule has 0 heterocycles. The lowest BCUT2D eigenvalue weighted by atomic mass is 9.73. The Morgan fingerprint density at radius 3 is 2.50 bits per heavy atom. The molecule has 2 rings (SSSR count). The van der Waals surface area contributed by atoms with Gasteiger partial charge in [0.25, 0.3) is 0 Å². The third kappa shape index (κ3) is 4.29. The summed E-state index contributed by atoms with van der Waals surface area (Å²) >= 11 is 0. The molecule has 0 radical (unpaired) electrons. The zero-order valence-electron chi connectivity index (χ0n) is 14.2. The van der Waals surface area contributed by atoms with Crippen LogP contribution in [0.1, 0.15) is 11.1 Å². The Morgan fingerprint density at radius 1 is 1.08 bits per heavy atom. The molecule has 2 aromatic carbocycles. The number of rotatable bonds is 7. The van der Waals surface area contributed by atoms with Gasteiger partial charge in [-0.1, -0.05) is 30.5 Å². The highest BCUT2D eigenvalue weighted by Crippen LogP contribution is 2.34. The van der Waals surface area contributed by atoms with Crippen LogP contribution in [0, 0.1) is 0 Å². The maximum atomic E-state index is 11.5. The van der Waals surface area contributed by atoms with Crippen molar-refractivity contribution < 1.29 is 24.1 Å². The molecule has 0 fully saturated rings. The predicted molar refractivity (Wildman–Crippen MR) is 93.8 cm³/mol. The summed E-state index contributed by atoms with van der Waals surface area (Å²) in [5.41, 5.74) is 2.55. The number of carbonyl (C=O) groups excluding carboxylic acids is 1.